The summed E-state index contributed by atoms with van der Waals surface area (Å²) in [4.78, 5) is 12.0. The zero-order valence-corrected chi connectivity index (χ0v) is 13.6. The quantitative estimate of drug-likeness (QED) is 0.910. The van der Waals surface area contributed by atoms with E-state index in [2.05, 4.69) is 38.2 Å². The minimum absolute atomic E-state index is 0.0260. The van der Waals surface area contributed by atoms with Crippen molar-refractivity contribution < 1.29 is 9.53 Å². The Labute approximate surface area is 132 Å². The van der Waals surface area contributed by atoms with Crippen molar-refractivity contribution in [1.29, 1.82) is 0 Å². The molecule has 22 heavy (non-hydrogen) atoms. The van der Waals surface area contributed by atoms with Crippen molar-refractivity contribution >= 4 is 5.91 Å². The largest absolute Gasteiger partial charge is 0.484 e. The summed E-state index contributed by atoms with van der Waals surface area (Å²) in [5.74, 6) is 0.585. The lowest BCUT2D eigenvalue weighted by molar-refractivity contribution is -0.123. The molecule has 0 aromatic heterocycles. The highest BCUT2D eigenvalue weighted by molar-refractivity contribution is 5.78. The number of carbonyl (C=O) groups excluding carboxylic acids is 1. The van der Waals surface area contributed by atoms with E-state index in [1.165, 1.54) is 16.7 Å². The van der Waals surface area contributed by atoms with E-state index in [1.807, 2.05) is 37.3 Å². The normalized spacial score (nSPS) is 11.8. The average molecular weight is 297 g/mol. The Morgan fingerprint density at radius 1 is 1.05 bits per heavy atom. The number of aryl methyl sites for hydroxylation is 3. The lowest BCUT2D eigenvalue weighted by atomic mass is 9.96. The number of nitrogens with one attached hydrogen (secondary N) is 1. The maximum atomic E-state index is 12.0. The zero-order valence-electron chi connectivity index (χ0n) is 13.6. The lowest BCUT2D eigenvalue weighted by Gasteiger charge is -2.18. The molecular formula is C19H23NO2. The smallest absolute Gasteiger partial charge is 0.258 e. The number of hydrogen-bond acceptors (Lipinski definition) is 2. The van der Waals surface area contributed by atoms with Gasteiger partial charge in [0.05, 0.1) is 6.04 Å². The van der Waals surface area contributed by atoms with Gasteiger partial charge in [0.15, 0.2) is 6.61 Å². The van der Waals surface area contributed by atoms with Gasteiger partial charge in [-0.15, -0.1) is 0 Å². The highest BCUT2D eigenvalue weighted by Gasteiger charge is 2.13. The second-order valence-corrected chi connectivity index (χ2v) is 5.68. The topological polar surface area (TPSA) is 38.3 Å². The molecule has 0 aliphatic heterocycles. The molecule has 0 aliphatic rings. The Kier molecular flexibility index (Phi) is 5.21. The van der Waals surface area contributed by atoms with Crippen LogP contribution >= 0.6 is 0 Å². The predicted octanol–water partition coefficient (Wildman–Crippen LogP) is 3.87. The highest BCUT2D eigenvalue weighted by atomic mass is 16.5. The molecule has 2 aromatic carbocycles. The third kappa shape index (κ3) is 4.10. The number of amides is 1. The summed E-state index contributed by atoms with van der Waals surface area (Å²) in [5.41, 5.74) is 4.85. The number of hydrogen-bond donors (Lipinski definition) is 1. The van der Waals surface area contributed by atoms with Gasteiger partial charge in [0, 0.05) is 0 Å². The average Bonchev–Trinajstić information content (AvgIpc) is 2.50. The summed E-state index contributed by atoms with van der Waals surface area (Å²) in [7, 11) is 0. The van der Waals surface area contributed by atoms with Crippen LogP contribution in [0.25, 0.3) is 0 Å². The maximum Gasteiger partial charge on any atom is 0.258 e. The van der Waals surface area contributed by atoms with Crippen LogP contribution < -0.4 is 10.1 Å². The Morgan fingerprint density at radius 3 is 2.36 bits per heavy atom. The number of para-hydroxylation sites is 1. The van der Waals surface area contributed by atoms with E-state index in [0.29, 0.717) is 5.75 Å². The number of carbonyl (C=O) groups is 1. The molecule has 0 aliphatic carbocycles. The molecule has 1 N–H and O–H groups in total. The number of ether oxygens (including phenoxy) is 1. The minimum Gasteiger partial charge on any atom is -0.484 e. The van der Waals surface area contributed by atoms with Crippen molar-refractivity contribution in [1.82, 2.24) is 5.32 Å². The van der Waals surface area contributed by atoms with Gasteiger partial charge in [-0.1, -0.05) is 30.3 Å². The maximum absolute atomic E-state index is 12.0. The van der Waals surface area contributed by atoms with Gasteiger partial charge in [-0.25, -0.2) is 0 Å². The van der Waals surface area contributed by atoms with Gasteiger partial charge in [0.25, 0.3) is 5.91 Å². The molecule has 2 aromatic rings. The van der Waals surface area contributed by atoms with E-state index < -0.39 is 0 Å². The van der Waals surface area contributed by atoms with Crippen molar-refractivity contribution in [2.45, 2.75) is 33.7 Å². The molecule has 0 unspecified atom stereocenters. The fraction of sp³-hybridized carbons (Fsp3) is 0.316. The van der Waals surface area contributed by atoms with Gasteiger partial charge >= 0.3 is 0 Å². The van der Waals surface area contributed by atoms with Gasteiger partial charge in [0.1, 0.15) is 5.75 Å². The molecule has 3 nitrogen and oxygen atoms in total. The molecule has 2 rings (SSSR count). The number of rotatable bonds is 5. The van der Waals surface area contributed by atoms with Crippen molar-refractivity contribution in [2.75, 3.05) is 6.61 Å². The van der Waals surface area contributed by atoms with Crippen molar-refractivity contribution in [3.05, 3.63) is 64.7 Å². The molecule has 1 amide bonds. The van der Waals surface area contributed by atoms with E-state index in [9.17, 15) is 4.79 Å². The summed E-state index contributed by atoms with van der Waals surface area (Å²) < 4.78 is 5.47. The van der Waals surface area contributed by atoms with Crippen LogP contribution in [0.3, 0.4) is 0 Å². The second-order valence-electron chi connectivity index (χ2n) is 5.68. The van der Waals surface area contributed by atoms with Gasteiger partial charge < -0.3 is 10.1 Å². The number of benzene rings is 2. The molecule has 0 fully saturated rings. The van der Waals surface area contributed by atoms with Crippen molar-refractivity contribution in [3.8, 4) is 5.75 Å². The molecule has 0 saturated heterocycles. The van der Waals surface area contributed by atoms with Gasteiger partial charge in [0.2, 0.25) is 0 Å². The van der Waals surface area contributed by atoms with E-state index >= 15 is 0 Å². The van der Waals surface area contributed by atoms with Crippen LogP contribution in [0, 0.1) is 20.8 Å². The van der Waals surface area contributed by atoms with Crippen molar-refractivity contribution in [2.24, 2.45) is 0 Å². The Hall–Kier alpha value is -2.29. The Balaban J connectivity index is 1.95. The molecule has 0 heterocycles. The van der Waals surface area contributed by atoms with Crippen LogP contribution in [0.5, 0.6) is 5.75 Å². The fourth-order valence-corrected chi connectivity index (χ4v) is 2.48. The molecule has 3 heteroatoms. The Morgan fingerprint density at radius 2 is 1.68 bits per heavy atom. The first kappa shape index (κ1) is 16.1. The summed E-state index contributed by atoms with van der Waals surface area (Å²) in [6, 6.07) is 13.6. The summed E-state index contributed by atoms with van der Waals surface area (Å²) >= 11 is 0. The van der Waals surface area contributed by atoms with E-state index in [-0.39, 0.29) is 18.6 Å². The molecular weight excluding hydrogens is 274 g/mol. The SMILES string of the molecule is Cc1cc(C)c([C@@H](C)NC(=O)COc2ccccc2)cc1C. The summed E-state index contributed by atoms with van der Waals surface area (Å²) in [6.07, 6.45) is 0. The van der Waals surface area contributed by atoms with Crippen LogP contribution in [-0.4, -0.2) is 12.5 Å². The van der Waals surface area contributed by atoms with Gasteiger partial charge in [-0.2, -0.15) is 0 Å². The summed E-state index contributed by atoms with van der Waals surface area (Å²) in [5, 5.41) is 2.99. The van der Waals surface area contributed by atoms with E-state index in [1.54, 1.807) is 0 Å². The molecule has 0 bridgehead atoms. The zero-order chi connectivity index (χ0) is 16.1. The molecule has 0 spiro atoms. The standard InChI is InChI=1S/C19H23NO2/c1-13-10-15(3)18(11-14(13)2)16(4)20-19(21)12-22-17-8-6-5-7-9-17/h5-11,16H,12H2,1-4H3,(H,20,21)/t16-/m1/s1. The van der Waals surface area contributed by atoms with E-state index in [4.69, 9.17) is 4.74 Å². The van der Waals surface area contributed by atoms with E-state index in [0.717, 1.165) is 5.56 Å². The van der Waals surface area contributed by atoms with Gasteiger partial charge in [-0.05, 0) is 62.1 Å². The first-order chi connectivity index (χ1) is 10.5. The Bertz CT molecular complexity index is 650. The molecule has 116 valence electrons. The van der Waals surface area contributed by atoms with Crippen LogP contribution in [0.2, 0.25) is 0 Å². The van der Waals surface area contributed by atoms with Crippen LogP contribution in [0.4, 0.5) is 0 Å². The highest BCUT2D eigenvalue weighted by Crippen LogP contribution is 2.21. The molecule has 0 saturated carbocycles. The first-order valence-electron chi connectivity index (χ1n) is 7.52. The summed E-state index contributed by atoms with van der Waals surface area (Å²) in [6.45, 7) is 8.29. The third-order valence-electron chi connectivity index (χ3n) is 3.84. The van der Waals surface area contributed by atoms with Crippen LogP contribution in [0.1, 0.15) is 35.2 Å². The lowest BCUT2D eigenvalue weighted by Crippen LogP contribution is -2.31. The van der Waals surface area contributed by atoms with Gasteiger partial charge in [-0.3, -0.25) is 4.79 Å². The predicted molar refractivity (Wildman–Crippen MR) is 89.1 cm³/mol. The third-order valence-corrected chi connectivity index (χ3v) is 3.84. The van der Waals surface area contributed by atoms with Crippen LogP contribution in [-0.2, 0) is 4.79 Å². The second kappa shape index (κ2) is 7.12. The minimum atomic E-state index is -0.117. The molecule has 1 atom stereocenters. The van der Waals surface area contributed by atoms with Crippen molar-refractivity contribution in [3.63, 3.8) is 0 Å². The van der Waals surface area contributed by atoms with Crippen LogP contribution in [0.15, 0.2) is 42.5 Å². The monoisotopic (exact) mass is 297 g/mol. The fourth-order valence-electron chi connectivity index (χ4n) is 2.48. The first-order valence-corrected chi connectivity index (χ1v) is 7.52. The molecule has 0 radical (unpaired) electrons.